The van der Waals surface area contributed by atoms with Crippen molar-refractivity contribution >= 4 is 0 Å². The van der Waals surface area contributed by atoms with Crippen LogP contribution in [0.15, 0.2) is 18.6 Å². The van der Waals surface area contributed by atoms with Crippen molar-refractivity contribution in [3.63, 3.8) is 0 Å². The van der Waals surface area contributed by atoms with Crippen molar-refractivity contribution in [3.05, 3.63) is 18.6 Å². The van der Waals surface area contributed by atoms with E-state index in [0.717, 1.165) is 12.8 Å². The van der Waals surface area contributed by atoms with Crippen molar-refractivity contribution in [2.75, 3.05) is 0 Å². The normalized spacial score (nSPS) is 10.2. The number of ether oxygens (including phenoxy) is 1. The van der Waals surface area contributed by atoms with Crippen LogP contribution in [-0.2, 0) is 0 Å². The zero-order chi connectivity index (χ0) is 8.81. The van der Waals surface area contributed by atoms with Crippen LogP contribution in [0.5, 0.6) is 5.88 Å². The summed E-state index contributed by atoms with van der Waals surface area (Å²) >= 11 is 0. The first kappa shape index (κ1) is 8.97. The monoisotopic (exact) mass is 166 g/mol. The van der Waals surface area contributed by atoms with Gasteiger partial charge in [-0.3, -0.25) is 4.98 Å². The predicted octanol–water partition coefficient (Wildman–Crippen LogP) is 2.04. The summed E-state index contributed by atoms with van der Waals surface area (Å²) in [7, 11) is 0. The standard InChI is InChI=1S/C9H14N2O/c1-3-8(4-2)12-9-7-10-5-6-11-9/h5-8H,3-4H2,1-2H3. The van der Waals surface area contributed by atoms with Crippen molar-refractivity contribution in [1.82, 2.24) is 9.97 Å². The lowest BCUT2D eigenvalue weighted by Crippen LogP contribution is -2.14. The van der Waals surface area contributed by atoms with Gasteiger partial charge in [-0.25, -0.2) is 4.98 Å². The van der Waals surface area contributed by atoms with Crippen LogP contribution >= 0.6 is 0 Å². The average molecular weight is 166 g/mol. The van der Waals surface area contributed by atoms with E-state index in [1.165, 1.54) is 0 Å². The van der Waals surface area contributed by atoms with E-state index < -0.39 is 0 Å². The molecule has 0 aliphatic heterocycles. The lowest BCUT2D eigenvalue weighted by molar-refractivity contribution is 0.184. The molecule has 1 heterocycles. The fourth-order valence-corrected chi connectivity index (χ4v) is 0.972. The summed E-state index contributed by atoms with van der Waals surface area (Å²) in [6.45, 7) is 4.20. The Balaban J connectivity index is 2.51. The van der Waals surface area contributed by atoms with Crippen LogP contribution in [0.4, 0.5) is 0 Å². The van der Waals surface area contributed by atoms with Crippen LogP contribution in [-0.4, -0.2) is 16.1 Å². The molecule has 0 unspecified atom stereocenters. The summed E-state index contributed by atoms with van der Waals surface area (Å²) in [5.74, 6) is 0.617. The highest BCUT2D eigenvalue weighted by atomic mass is 16.5. The molecule has 0 N–H and O–H groups in total. The van der Waals surface area contributed by atoms with E-state index in [2.05, 4.69) is 23.8 Å². The molecule has 0 aliphatic carbocycles. The number of nitrogens with zero attached hydrogens (tertiary/aromatic N) is 2. The molecule has 0 amide bonds. The first-order chi connectivity index (χ1) is 5.86. The molecule has 3 nitrogen and oxygen atoms in total. The molecule has 1 aromatic rings. The fraction of sp³-hybridized carbons (Fsp3) is 0.556. The highest BCUT2D eigenvalue weighted by molar-refractivity contribution is 5.01. The topological polar surface area (TPSA) is 35.0 Å². The average Bonchev–Trinajstić information content (AvgIpc) is 2.16. The first-order valence-electron chi connectivity index (χ1n) is 4.29. The molecule has 12 heavy (non-hydrogen) atoms. The lowest BCUT2D eigenvalue weighted by atomic mass is 10.2. The molecule has 0 saturated heterocycles. The molecule has 0 bridgehead atoms. The van der Waals surface area contributed by atoms with Gasteiger partial charge in [0.25, 0.3) is 0 Å². The molecule has 0 radical (unpaired) electrons. The third-order valence-electron chi connectivity index (χ3n) is 1.74. The third-order valence-corrected chi connectivity index (χ3v) is 1.74. The second kappa shape index (κ2) is 4.70. The zero-order valence-electron chi connectivity index (χ0n) is 7.53. The largest absolute Gasteiger partial charge is 0.473 e. The third kappa shape index (κ3) is 2.49. The molecule has 0 fully saturated rings. The van der Waals surface area contributed by atoms with Gasteiger partial charge in [0, 0.05) is 12.4 Å². The van der Waals surface area contributed by atoms with E-state index in [1.807, 2.05) is 0 Å². The van der Waals surface area contributed by atoms with Gasteiger partial charge in [0.15, 0.2) is 0 Å². The molecular weight excluding hydrogens is 152 g/mol. The van der Waals surface area contributed by atoms with Crippen LogP contribution < -0.4 is 4.74 Å². The molecule has 1 aromatic heterocycles. The summed E-state index contributed by atoms with van der Waals surface area (Å²) in [5.41, 5.74) is 0. The fourth-order valence-electron chi connectivity index (χ4n) is 0.972. The maximum Gasteiger partial charge on any atom is 0.232 e. The second-order valence-corrected chi connectivity index (χ2v) is 2.60. The van der Waals surface area contributed by atoms with Gasteiger partial charge >= 0.3 is 0 Å². The van der Waals surface area contributed by atoms with Gasteiger partial charge in [-0.15, -0.1) is 0 Å². The molecule has 0 aromatic carbocycles. The van der Waals surface area contributed by atoms with Crippen molar-refractivity contribution in [2.45, 2.75) is 32.8 Å². The van der Waals surface area contributed by atoms with Crippen LogP contribution in [0.2, 0.25) is 0 Å². The summed E-state index contributed by atoms with van der Waals surface area (Å²) in [6, 6.07) is 0. The molecule has 66 valence electrons. The molecule has 0 aliphatic rings. The van der Waals surface area contributed by atoms with E-state index in [1.54, 1.807) is 18.6 Å². The Morgan fingerprint density at radius 1 is 1.33 bits per heavy atom. The van der Waals surface area contributed by atoms with E-state index >= 15 is 0 Å². The van der Waals surface area contributed by atoms with E-state index in [0.29, 0.717) is 5.88 Å². The Morgan fingerprint density at radius 2 is 2.08 bits per heavy atom. The van der Waals surface area contributed by atoms with Crippen LogP contribution in [0.3, 0.4) is 0 Å². The lowest BCUT2D eigenvalue weighted by Gasteiger charge is -2.13. The van der Waals surface area contributed by atoms with Crippen molar-refractivity contribution in [2.24, 2.45) is 0 Å². The van der Waals surface area contributed by atoms with Gasteiger partial charge in [-0.05, 0) is 12.8 Å². The van der Waals surface area contributed by atoms with Gasteiger partial charge in [0.05, 0.1) is 12.3 Å². The van der Waals surface area contributed by atoms with Crippen LogP contribution in [0.25, 0.3) is 0 Å². The Bertz CT molecular complexity index is 209. The minimum atomic E-state index is 0.265. The van der Waals surface area contributed by atoms with E-state index in [-0.39, 0.29) is 6.10 Å². The highest BCUT2D eigenvalue weighted by Gasteiger charge is 2.04. The van der Waals surface area contributed by atoms with Crippen LogP contribution in [0, 0.1) is 0 Å². The Kier molecular flexibility index (Phi) is 3.51. The molecular formula is C9H14N2O. The Hall–Kier alpha value is -1.12. The summed E-state index contributed by atoms with van der Waals surface area (Å²) in [5, 5.41) is 0. The van der Waals surface area contributed by atoms with Gasteiger partial charge < -0.3 is 4.74 Å². The quantitative estimate of drug-likeness (QED) is 0.686. The number of hydrogen-bond donors (Lipinski definition) is 0. The Morgan fingerprint density at radius 3 is 2.58 bits per heavy atom. The molecule has 0 saturated carbocycles. The van der Waals surface area contributed by atoms with Crippen molar-refractivity contribution in [3.8, 4) is 5.88 Å². The SMILES string of the molecule is CCC(CC)Oc1cnccn1. The van der Waals surface area contributed by atoms with E-state index in [9.17, 15) is 0 Å². The first-order valence-corrected chi connectivity index (χ1v) is 4.29. The van der Waals surface area contributed by atoms with E-state index in [4.69, 9.17) is 4.74 Å². The smallest absolute Gasteiger partial charge is 0.232 e. The van der Waals surface area contributed by atoms with Crippen LogP contribution in [0.1, 0.15) is 26.7 Å². The molecule has 3 heteroatoms. The summed E-state index contributed by atoms with van der Waals surface area (Å²) in [6.07, 6.45) is 7.19. The van der Waals surface area contributed by atoms with Gasteiger partial charge in [0.2, 0.25) is 5.88 Å². The number of rotatable bonds is 4. The number of hydrogen-bond acceptors (Lipinski definition) is 3. The van der Waals surface area contributed by atoms with Crippen molar-refractivity contribution in [1.29, 1.82) is 0 Å². The van der Waals surface area contributed by atoms with Gasteiger partial charge in [-0.2, -0.15) is 0 Å². The molecule has 0 atom stereocenters. The Labute approximate surface area is 72.8 Å². The summed E-state index contributed by atoms with van der Waals surface area (Å²) < 4.78 is 5.54. The highest BCUT2D eigenvalue weighted by Crippen LogP contribution is 2.08. The molecule has 0 spiro atoms. The van der Waals surface area contributed by atoms with Gasteiger partial charge in [-0.1, -0.05) is 13.8 Å². The zero-order valence-corrected chi connectivity index (χ0v) is 7.53. The maximum absolute atomic E-state index is 5.54. The minimum absolute atomic E-state index is 0.265. The van der Waals surface area contributed by atoms with Gasteiger partial charge in [0.1, 0.15) is 0 Å². The maximum atomic E-state index is 5.54. The minimum Gasteiger partial charge on any atom is -0.473 e. The predicted molar refractivity (Wildman–Crippen MR) is 47.0 cm³/mol. The van der Waals surface area contributed by atoms with Crippen molar-refractivity contribution < 1.29 is 4.74 Å². The molecule has 1 rings (SSSR count). The summed E-state index contributed by atoms with van der Waals surface area (Å²) in [4.78, 5) is 7.95. The number of aromatic nitrogens is 2. The second-order valence-electron chi connectivity index (χ2n) is 2.60.